The van der Waals surface area contributed by atoms with E-state index in [2.05, 4.69) is 56.1 Å². The van der Waals surface area contributed by atoms with Crippen LogP contribution in [-0.4, -0.2) is 54.4 Å². The fourth-order valence-electron chi connectivity index (χ4n) is 3.35. The highest BCUT2D eigenvalue weighted by molar-refractivity contribution is 6.31. The van der Waals surface area contributed by atoms with Crippen LogP contribution in [0.3, 0.4) is 0 Å². The molecular formula is C20H21ClN6. The van der Waals surface area contributed by atoms with E-state index < -0.39 is 0 Å². The van der Waals surface area contributed by atoms with Gasteiger partial charge in [0, 0.05) is 47.8 Å². The molecule has 3 aromatic rings. The Hall–Kier alpha value is -2.70. The molecule has 2 N–H and O–H groups in total. The predicted octanol–water partition coefficient (Wildman–Crippen LogP) is 3.32. The van der Waals surface area contributed by atoms with E-state index >= 15 is 0 Å². The van der Waals surface area contributed by atoms with E-state index in [1.54, 1.807) is 0 Å². The van der Waals surface area contributed by atoms with Gasteiger partial charge in [-0.25, -0.2) is 15.0 Å². The summed E-state index contributed by atoms with van der Waals surface area (Å²) in [5.41, 5.74) is 9.24. The van der Waals surface area contributed by atoms with Gasteiger partial charge in [0.25, 0.3) is 5.95 Å². The van der Waals surface area contributed by atoms with Gasteiger partial charge in [-0.05, 0) is 37.4 Å². The minimum Gasteiger partial charge on any atom is -0.390 e. The normalized spacial score (nSPS) is 15.7. The monoisotopic (exact) mass is 380 g/mol. The molecule has 0 saturated carbocycles. The van der Waals surface area contributed by atoms with Crippen LogP contribution < -0.4 is 10.6 Å². The molecule has 6 nitrogen and oxygen atoms in total. The van der Waals surface area contributed by atoms with E-state index in [9.17, 15) is 0 Å². The van der Waals surface area contributed by atoms with E-state index in [1.165, 1.54) is 12.0 Å². The first kappa shape index (κ1) is 17.7. The van der Waals surface area contributed by atoms with Gasteiger partial charge >= 0.3 is 0 Å². The number of halogens is 1. The first-order valence-electron chi connectivity index (χ1n) is 8.89. The van der Waals surface area contributed by atoms with Crippen molar-refractivity contribution in [2.75, 3.05) is 38.1 Å². The maximum Gasteiger partial charge on any atom is 0.251 e. The Labute approximate surface area is 163 Å². The van der Waals surface area contributed by atoms with Gasteiger partial charge in [0.05, 0.1) is 17.5 Å². The molecule has 0 unspecified atom stereocenters. The third kappa shape index (κ3) is 3.72. The second-order valence-electron chi connectivity index (χ2n) is 6.65. The summed E-state index contributed by atoms with van der Waals surface area (Å²) in [6.07, 6.45) is 1.21. The molecule has 27 heavy (non-hydrogen) atoms. The average molecular weight is 381 g/mol. The predicted molar refractivity (Wildman–Crippen MR) is 112 cm³/mol. The average Bonchev–Trinajstić information content (AvgIpc) is 2.68. The van der Waals surface area contributed by atoms with Crippen molar-refractivity contribution in [3.05, 3.63) is 47.5 Å². The van der Waals surface area contributed by atoms with Gasteiger partial charge in [-0.3, -0.25) is 0 Å². The number of hydrogen-bond acceptors (Lipinski definition) is 5. The van der Waals surface area contributed by atoms with Crippen LogP contribution in [0.1, 0.15) is 0 Å². The van der Waals surface area contributed by atoms with E-state index in [0.29, 0.717) is 11.0 Å². The summed E-state index contributed by atoms with van der Waals surface area (Å²) < 4.78 is 0. The lowest BCUT2D eigenvalue weighted by atomic mass is 10.1. The number of aliphatic imine (C=N–C) groups is 1. The molecule has 2 aromatic carbocycles. The van der Waals surface area contributed by atoms with Crippen molar-refractivity contribution in [2.45, 2.75) is 0 Å². The summed E-state index contributed by atoms with van der Waals surface area (Å²) in [5.74, 6) is 0.340. The van der Waals surface area contributed by atoms with Crippen molar-refractivity contribution in [1.29, 1.82) is 0 Å². The van der Waals surface area contributed by atoms with Crippen LogP contribution in [0.4, 0.5) is 11.6 Å². The Bertz CT molecular complexity index is 995. The fourth-order valence-corrected chi connectivity index (χ4v) is 3.52. The molecule has 0 aliphatic carbocycles. The number of rotatable bonds is 3. The molecule has 0 bridgehead atoms. The fraction of sp³-hybridized carbons (Fsp3) is 0.250. The van der Waals surface area contributed by atoms with Gasteiger partial charge in [0.2, 0.25) is 0 Å². The molecule has 0 spiro atoms. The molecule has 0 radical (unpaired) electrons. The van der Waals surface area contributed by atoms with Crippen LogP contribution in [0.2, 0.25) is 5.02 Å². The summed E-state index contributed by atoms with van der Waals surface area (Å²) in [6, 6.07) is 14.0. The van der Waals surface area contributed by atoms with E-state index in [4.69, 9.17) is 17.3 Å². The van der Waals surface area contributed by atoms with Crippen LogP contribution in [0.15, 0.2) is 47.5 Å². The smallest absolute Gasteiger partial charge is 0.251 e. The highest BCUT2D eigenvalue weighted by Crippen LogP contribution is 2.32. The lowest BCUT2D eigenvalue weighted by Crippen LogP contribution is -2.44. The first-order chi connectivity index (χ1) is 13.1. The van der Waals surface area contributed by atoms with Gasteiger partial charge in [-0.1, -0.05) is 23.7 Å². The highest BCUT2D eigenvalue weighted by atomic mass is 35.5. The van der Waals surface area contributed by atoms with Crippen LogP contribution >= 0.6 is 11.6 Å². The molecule has 0 atom stereocenters. The number of nitrogens with zero attached hydrogens (tertiary/aromatic N) is 5. The highest BCUT2D eigenvalue weighted by Gasteiger charge is 2.16. The topological polar surface area (TPSA) is 70.6 Å². The summed E-state index contributed by atoms with van der Waals surface area (Å²) in [5, 5.41) is 1.55. The standard InChI is InChI=1S/C20H21ClN6/c1-26-7-9-27(10-8-26)16-4-2-3-14(11-16)19-17-12-15(21)5-6-18(17)24-20(25-19)23-13-22/h2-6,11-13H,7-10H2,1H3,(H2,22,23,24,25). The number of aromatic nitrogens is 2. The maximum atomic E-state index is 6.23. The summed E-state index contributed by atoms with van der Waals surface area (Å²) >= 11 is 6.23. The largest absolute Gasteiger partial charge is 0.390 e. The van der Waals surface area contributed by atoms with Gasteiger partial charge in [-0.15, -0.1) is 0 Å². The molecule has 1 aromatic heterocycles. The first-order valence-corrected chi connectivity index (χ1v) is 9.27. The minimum absolute atomic E-state index is 0.340. The Morgan fingerprint density at radius 1 is 1.07 bits per heavy atom. The van der Waals surface area contributed by atoms with Crippen LogP contribution in [-0.2, 0) is 0 Å². The van der Waals surface area contributed by atoms with Gasteiger partial charge in [0.15, 0.2) is 0 Å². The zero-order valence-electron chi connectivity index (χ0n) is 15.1. The molecule has 138 valence electrons. The molecular weight excluding hydrogens is 360 g/mol. The summed E-state index contributed by atoms with van der Waals surface area (Å²) in [6.45, 7) is 4.15. The summed E-state index contributed by atoms with van der Waals surface area (Å²) in [4.78, 5) is 17.9. The Morgan fingerprint density at radius 2 is 1.89 bits per heavy atom. The van der Waals surface area contributed by atoms with Gasteiger partial charge in [0.1, 0.15) is 0 Å². The zero-order chi connectivity index (χ0) is 18.8. The Morgan fingerprint density at radius 3 is 2.67 bits per heavy atom. The van der Waals surface area contributed by atoms with E-state index in [0.717, 1.165) is 48.3 Å². The molecule has 4 rings (SSSR count). The Balaban J connectivity index is 1.81. The number of anilines is 1. The second kappa shape index (κ2) is 7.50. The van der Waals surface area contributed by atoms with Crippen molar-refractivity contribution in [3.63, 3.8) is 0 Å². The Kier molecular flexibility index (Phi) is 4.92. The molecule has 7 heteroatoms. The number of nitrogens with two attached hydrogens (primary N) is 1. The lowest BCUT2D eigenvalue weighted by molar-refractivity contribution is 0.313. The number of fused-ring (bicyclic) bond motifs is 1. The van der Waals surface area contributed by atoms with Crippen LogP contribution in [0.5, 0.6) is 0 Å². The number of likely N-dealkylation sites (N-methyl/N-ethyl adjacent to an activating group) is 1. The van der Waals surface area contributed by atoms with Crippen molar-refractivity contribution in [2.24, 2.45) is 10.7 Å². The second-order valence-corrected chi connectivity index (χ2v) is 7.09. The van der Waals surface area contributed by atoms with Crippen molar-refractivity contribution in [3.8, 4) is 11.3 Å². The molecule has 1 saturated heterocycles. The number of piperazine rings is 1. The number of hydrogen-bond donors (Lipinski definition) is 1. The van der Waals surface area contributed by atoms with Gasteiger partial charge in [-0.2, -0.15) is 0 Å². The molecule has 2 heterocycles. The molecule has 0 amide bonds. The lowest BCUT2D eigenvalue weighted by Gasteiger charge is -2.34. The van der Waals surface area contributed by atoms with Crippen molar-refractivity contribution in [1.82, 2.24) is 14.9 Å². The third-order valence-corrected chi connectivity index (χ3v) is 5.06. The van der Waals surface area contributed by atoms with Crippen molar-refractivity contribution < 1.29 is 0 Å². The molecule has 1 fully saturated rings. The van der Waals surface area contributed by atoms with E-state index in [-0.39, 0.29) is 0 Å². The minimum atomic E-state index is 0.340. The quantitative estimate of drug-likeness (QED) is 0.557. The van der Waals surface area contributed by atoms with E-state index in [1.807, 2.05) is 18.2 Å². The molecule has 1 aliphatic heterocycles. The summed E-state index contributed by atoms with van der Waals surface area (Å²) in [7, 11) is 2.16. The maximum absolute atomic E-state index is 6.23. The van der Waals surface area contributed by atoms with Crippen LogP contribution in [0.25, 0.3) is 22.2 Å². The SMILES string of the molecule is CN1CCN(c2cccc(-c3nc(/N=C/N)nc4ccc(Cl)cc34)c2)CC1. The number of benzene rings is 2. The van der Waals surface area contributed by atoms with Crippen molar-refractivity contribution >= 4 is 40.5 Å². The molecule has 1 aliphatic rings. The third-order valence-electron chi connectivity index (χ3n) is 4.82. The van der Waals surface area contributed by atoms with Gasteiger partial charge < -0.3 is 15.5 Å². The van der Waals surface area contributed by atoms with Crippen LogP contribution in [0, 0.1) is 0 Å². The zero-order valence-corrected chi connectivity index (χ0v) is 15.9.